The third kappa shape index (κ3) is 8.82. The molecule has 5 heteroatoms. The molecule has 0 heterocycles. The van der Waals surface area contributed by atoms with E-state index in [2.05, 4.69) is 233 Å². The maximum atomic E-state index is 6.02. The number of hydrogen-bond donors (Lipinski definition) is 0. The van der Waals surface area contributed by atoms with E-state index < -0.39 is 0 Å². The van der Waals surface area contributed by atoms with Crippen molar-refractivity contribution in [1.82, 2.24) is 0 Å². The fourth-order valence-corrected chi connectivity index (χ4v) is 8.50. The van der Waals surface area contributed by atoms with Crippen LogP contribution in [0.2, 0.25) is 0 Å². The third-order valence-corrected chi connectivity index (χ3v) is 11.4. The Balaban J connectivity index is 0.00000162. The van der Waals surface area contributed by atoms with Gasteiger partial charge in [0, 0.05) is 28.3 Å². The van der Waals surface area contributed by atoms with Gasteiger partial charge in [0.1, 0.15) is 0 Å². The van der Waals surface area contributed by atoms with Crippen LogP contribution in [0.4, 0.5) is 11.4 Å². The van der Waals surface area contributed by atoms with Gasteiger partial charge in [-0.05, 0) is 85.5 Å². The van der Waals surface area contributed by atoms with Crippen molar-refractivity contribution in [2.24, 2.45) is 9.98 Å². The van der Waals surface area contributed by atoms with Gasteiger partial charge in [-0.25, -0.2) is 9.98 Å². The molecule has 0 bridgehead atoms. The second kappa shape index (κ2) is 18.6. The molecule has 0 unspecified atom stereocenters. The molecule has 0 aliphatic heterocycles. The third-order valence-electron chi connectivity index (χ3n) is 11.4. The Labute approximate surface area is 374 Å². The Kier molecular flexibility index (Phi) is 12.9. The minimum absolute atomic E-state index is 0.0741. The molecule has 1 aliphatic carbocycles. The number of nitrogens with zero attached hydrogens (tertiary/aromatic N) is 2. The molecule has 60 heavy (non-hydrogen) atoms. The van der Waals surface area contributed by atoms with Gasteiger partial charge in [-0.15, -0.1) is 0 Å². The van der Waals surface area contributed by atoms with Crippen LogP contribution < -0.4 is 0 Å². The van der Waals surface area contributed by atoms with Gasteiger partial charge >= 0.3 is 39.3 Å². The van der Waals surface area contributed by atoms with Crippen molar-refractivity contribution in [2.75, 3.05) is 0 Å². The second-order valence-electron chi connectivity index (χ2n) is 15.8. The zero-order valence-electron chi connectivity index (χ0n) is 34.4. The van der Waals surface area contributed by atoms with E-state index in [-0.39, 0.29) is 11.8 Å². The van der Waals surface area contributed by atoms with E-state index in [1.807, 2.05) is 6.07 Å². The number of hydrogen-bond acceptors (Lipinski definition) is 2. The summed E-state index contributed by atoms with van der Waals surface area (Å²) < 4.78 is 0. The predicted octanol–water partition coefficient (Wildman–Crippen LogP) is 15.7. The summed E-state index contributed by atoms with van der Waals surface area (Å²) in [6.07, 6.45) is 0. The number of aryl methyl sites for hydroxylation is 5. The van der Waals surface area contributed by atoms with E-state index in [1.54, 1.807) is 0 Å². The van der Waals surface area contributed by atoms with Gasteiger partial charge in [0.25, 0.3) is 0 Å². The molecule has 9 rings (SSSR count). The Morgan fingerprint density at radius 2 is 0.767 bits per heavy atom. The zero-order valence-corrected chi connectivity index (χ0v) is 38.5. The molecule has 300 valence electrons. The van der Waals surface area contributed by atoms with Gasteiger partial charge in [0.05, 0.1) is 22.8 Å². The van der Waals surface area contributed by atoms with Crippen LogP contribution in [0.15, 0.2) is 186 Å². The molecule has 0 aromatic heterocycles. The molecule has 0 saturated carbocycles. The van der Waals surface area contributed by atoms with E-state index in [0.717, 1.165) is 33.9 Å². The first-order valence-corrected chi connectivity index (χ1v) is 25.1. The van der Waals surface area contributed by atoms with Crippen LogP contribution in [0, 0.1) is 34.6 Å². The Morgan fingerprint density at radius 1 is 0.400 bits per heavy atom. The minimum atomic E-state index is -0.0741. The summed E-state index contributed by atoms with van der Waals surface area (Å²) in [5.41, 5.74) is 19.4. The second-order valence-corrected chi connectivity index (χ2v) is 20.8. The van der Waals surface area contributed by atoms with Gasteiger partial charge in [-0.1, -0.05) is 192 Å². The molecule has 8 aromatic rings. The van der Waals surface area contributed by atoms with Gasteiger partial charge in [0.15, 0.2) is 0 Å². The molecule has 0 N–H and O–H groups in total. The fourth-order valence-electron chi connectivity index (χ4n) is 8.50. The van der Waals surface area contributed by atoms with Crippen LogP contribution >= 0.6 is 28.5 Å². The first kappa shape index (κ1) is 41.5. The molecular weight excluding hydrogens is 907 g/mol. The van der Waals surface area contributed by atoms with Crippen LogP contribution in [-0.2, 0) is 10.9 Å². The molecule has 2 nitrogen and oxygen atoms in total. The van der Waals surface area contributed by atoms with E-state index in [0.29, 0.717) is 0 Å². The van der Waals surface area contributed by atoms with Gasteiger partial charge in [0.2, 0.25) is 0 Å². The van der Waals surface area contributed by atoms with Crippen LogP contribution in [0.5, 0.6) is 0 Å². The summed E-state index contributed by atoms with van der Waals surface area (Å²) in [5, 5.41) is 2.39. The number of benzene rings is 8. The Bertz CT molecular complexity index is 2620. The summed E-state index contributed by atoms with van der Waals surface area (Å²) in [5.74, 6) is -0.148. The van der Waals surface area contributed by atoms with E-state index in [4.69, 9.17) is 9.98 Å². The molecule has 8 aromatic carbocycles. The summed E-state index contributed by atoms with van der Waals surface area (Å²) in [6.45, 7) is 10.9. The van der Waals surface area contributed by atoms with Crippen molar-refractivity contribution in [3.8, 4) is 0 Å². The number of halogens is 2. The van der Waals surface area contributed by atoms with Gasteiger partial charge in [-0.3, -0.25) is 0 Å². The van der Waals surface area contributed by atoms with Crippen molar-refractivity contribution >= 4 is 62.0 Å². The number of rotatable bonds is 8. The predicted molar refractivity (Wildman–Crippen MR) is 258 cm³/mol. The molecule has 1 aliphatic rings. The summed E-state index contributed by atoms with van der Waals surface area (Å²) in [4.78, 5) is 11.4. The van der Waals surface area contributed by atoms with E-state index in [1.165, 1.54) is 82.9 Å². The molecule has 0 amide bonds. The first-order valence-electron chi connectivity index (χ1n) is 20.2. The van der Waals surface area contributed by atoms with Crippen LogP contribution in [0.1, 0.15) is 84.2 Å². The topological polar surface area (TPSA) is 24.7 Å². The van der Waals surface area contributed by atoms with E-state index in [9.17, 15) is 0 Å². The summed E-state index contributed by atoms with van der Waals surface area (Å²) in [6, 6.07) is 64.4. The van der Waals surface area contributed by atoms with Gasteiger partial charge < -0.3 is 0 Å². The van der Waals surface area contributed by atoms with Crippen molar-refractivity contribution < 1.29 is 10.9 Å². The number of para-hydroxylation sites is 1. The molecule has 0 atom stereocenters. The Morgan fingerprint density at radius 3 is 1.15 bits per heavy atom. The SMILES string of the molecule is Cc1ccc(C(c2ccc(C)cc2)c2cc(C)cc(C(c3ccc(C)cc3)c3ccc(C)cc3)c2N=C2C(=Nc3ccccc3)c3cccc4cccc2c34)cc1.[Br][Ni][Br]. The summed E-state index contributed by atoms with van der Waals surface area (Å²) >= 11 is 6.00. The normalized spacial score (nSPS) is 13.4. The molecular formula is C55H46Br2N2Ni. The number of aliphatic imine (C=N–C) groups is 2. The average molecular weight is 953 g/mol. The monoisotopic (exact) mass is 950 g/mol. The van der Waals surface area contributed by atoms with Crippen LogP contribution in [0.3, 0.4) is 0 Å². The first-order chi connectivity index (χ1) is 29.2. The van der Waals surface area contributed by atoms with Crippen LogP contribution in [-0.4, -0.2) is 11.4 Å². The quantitative estimate of drug-likeness (QED) is 0.107. The van der Waals surface area contributed by atoms with Gasteiger partial charge in [-0.2, -0.15) is 0 Å². The van der Waals surface area contributed by atoms with Crippen molar-refractivity contribution in [2.45, 2.75) is 46.5 Å². The van der Waals surface area contributed by atoms with Crippen molar-refractivity contribution in [3.05, 3.63) is 248 Å². The fraction of sp³-hybridized carbons (Fsp3) is 0.127. The molecule has 0 saturated heterocycles. The van der Waals surface area contributed by atoms with Crippen LogP contribution in [0.25, 0.3) is 10.8 Å². The summed E-state index contributed by atoms with van der Waals surface area (Å²) in [7, 11) is 1.25. The Hall–Kier alpha value is -5.19. The molecule has 0 radical (unpaired) electrons. The van der Waals surface area contributed by atoms with E-state index >= 15 is 0 Å². The van der Waals surface area contributed by atoms with Crippen molar-refractivity contribution in [1.29, 1.82) is 0 Å². The molecule has 0 spiro atoms. The van der Waals surface area contributed by atoms with Crippen molar-refractivity contribution in [3.63, 3.8) is 0 Å². The average Bonchev–Trinajstić information content (AvgIpc) is 3.55. The standard InChI is InChI=1S/C55H46N2.2BrH.Ni/c1-35-17-25-41(26-18-35)50(42-27-19-36(2)20-28-42)48-33-39(5)34-49(51(43-29-21-37(3)22-30-43)44-31-23-38(4)24-32-44)53(48)57-55-47-16-10-12-40-11-9-15-46(52(40)47)54(55)56-45-13-7-6-8-14-45;;;/h6-34,50-51H,1-5H3;2*1H;/q;;;+2/p-2. The zero-order chi connectivity index (χ0) is 41.8. The maximum absolute atomic E-state index is 6.02. The molecule has 0 fully saturated rings.